The predicted octanol–water partition coefficient (Wildman–Crippen LogP) is 2.28. The second-order valence-corrected chi connectivity index (χ2v) is 5.98. The number of aromatic nitrogens is 1. The molecule has 0 bridgehead atoms. The molecule has 1 aliphatic rings. The van der Waals surface area contributed by atoms with E-state index in [4.69, 9.17) is 0 Å². The molecule has 0 saturated carbocycles. The lowest BCUT2D eigenvalue weighted by Gasteiger charge is -2.33. The van der Waals surface area contributed by atoms with Gasteiger partial charge in [-0.1, -0.05) is 0 Å². The first-order valence-corrected chi connectivity index (χ1v) is 7.48. The Morgan fingerprint density at radius 1 is 1.43 bits per heavy atom. The van der Waals surface area contributed by atoms with Crippen molar-refractivity contribution >= 4 is 23.2 Å². The number of hydrogen-bond acceptors (Lipinski definition) is 4. The molecule has 1 atom stereocenters. The molecule has 0 fully saturated rings. The van der Waals surface area contributed by atoms with Crippen LogP contribution in [0.2, 0.25) is 0 Å². The zero-order chi connectivity index (χ0) is 15.0. The molecular formula is C15H14N2O3S. The SMILES string of the molecule is Cc1cc(C(=O)N2CCc3sccc3C2C(=O)O)ccn1. The lowest BCUT2D eigenvalue weighted by molar-refractivity contribution is -0.142. The fourth-order valence-corrected chi connectivity index (χ4v) is 3.55. The molecule has 2 aromatic heterocycles. The van der Waals surface area contributed by atoms with E-state index in [1.165, 1.54) is 4.90 Å². The van der Waals surface area contributed by atoms with Crippen molar-refractivity contribution in [3.63, 3.8) is 0 Å². The number of carboxylic acid groups (broad SMARTS) is 1. The maximum atomic E-state index is 12.6. The highest BCUT2D eigenvalue weighted by Gasteiger charge is 2.36. The van der Waals surface area contributed by atoms with Crippen molar-refractivity contribution in [2.75, 3.05) is 6.54 Å². The summed E-state index contributed by atoms with van der Waals surface area (Å²) in [4.78, 5) is 30.8. The molecule has 3 heterocycles. The van der Waals surface area contributed by atoms with Crippen molar-refractivity contribution in [1.82, 2.24) is 9.88 Å². The van der Waals surface area contributed by atoms with Crippen LogP contribution in [0.15, 0.2) is 29.8 Å². The molecule has 0 saturated heterocycles. The third kappa shape index (κ3) is 2.42. The first-order valence-electron chi connectivity index (χ1n) is 6.60. The average Bonchev–Trinajstić information content (AvgIpc) is 2.93. The first-order chi connectivity index (χ1) is 10.1. The molecule has 1 amide bonds. The summed E-state index contributed by atoms with van der Waals surface area (Å²) < 4.78 is 0. The summed E-state index contributed by atoms with van der Waals surface area (Å²) in [6.45, 7) is 2.23. The summed E-state index contributed by atoms with van der Waals surface area (Å²) in [5, 5.41) is 11.4. The van der Waals surface area contributed by atoms with E-state index in [0.29, 0.717) is 18.5 Å². The van der Waals surface area contributed by atoms with Gasteiger partial charge in [-0.25, -0.2) is 4.79 Å². The Morgan fingerprint density at radius 2 is 2.24 bits per heavy atom. The number of carbonyl (C=O) groups is 2. The van der Waals surface area contributed by atoms with Gasteiger partial charge in [-0.15, -0.1) is 11.3 Å². The lowest BCUT2D eigenvalue weighted by atomic mass is 9.99. The van der Waals surface area contributed by atoms with E-state index in [1.54, 1.807) is 42.7 Å². The Bertz CT molecular complexity index is 710. The number of carboxylic acids is 1. The molecule has 0 aromatic carbocycles. The van der Waals surface area contributed by atoms with Gasteiger partial charge in [-0.3, -0.25) is 9.78 Å². The van der Waals surface area contributed by atoms with Gasteiger partial charge in [-0.2, -0.15) is 0 Å². The number of hydrogen-bond donors (Lipinski definition) is 1. The summed E-state index contributed by atoms with van der Waals surface area (Å²) in [5.74, 6) is -1.25. The Balaban J connectivity index is 1.98. The van der Waals surface area contributed by atoms with Gasteiger partial charge >= 0.3 is 5.97 Å². The third-order valence-corrected chi connectivity index (χ3v) is 4.60. The van der Waals surface area contributed by atoms with Gasteiger partial charge in [0.1, 0.15) is 0 Å². The largest absolute Gasteiger partial charge is 0.479 e. The molecule has 5 nitrogen and oxygen atoms in total. The van der Waals surface area contributed by atoms with Gasteiger partial charge in [0, 0.05) is 28.9 Å². The van der Waals surface area contributed by atoms with Gasteiger partial charge < -0.3 is 10.0 Å². The Kier molecular flexibility index (Phi) is 3.47. The number of aryl methyl sites for hydroxylation is 1. The van der Waals surface area contributed by atoms with Crippen LogP contribution < -0.4 is 0 Å². The van der Waals surface area contributed by atoms with Crippen LogP contribution in [-0.2, 0) is 11.2 Å². The van der Waals surface area contributed by atoms with Crippen LogP contribution in [0.5, 0.6) is 0 Å². The number of fused-ring (bicyclic) bond motifs is 1. The molecule has 0 aliphatic carbocycles. The predicted molar refractivity (Wildman–Crippen MR) is 78.4 cm³/mol. The minimum atomic E-state index is -0.992. The second kappa shape index (κ2) is 5.29. The fourth-order valence-electron chi connectivity index (χ4n) is 2.65. The molecule has 0 spiro atoms. The number of rotatable bonds is 2. The summed E-state index contributed by atoms with van der Waals surface area (Å²) >= 11 is 1.55. The fraction of sp³-hybridized carbons (Fsp3) is 0.267. The van der Waals surface area contributed by atoms with Crippen LogP contribution in [0.3, 0.4) is 0 Å². The van der Waals surface area contributed by atoms with E-state index in [-0.39, 0.29) is 5.91 Å². The van der Waals surface area contributed by atoms with Gasteiger partial charge in [-0.05, 0) is 42.5 Å². The number of amides is 1. The van der Waals surface area contributed by atoms with Crippen LogP contribution in [0.1, 0.15) is 32.5 Å². The van der Waals surface area contributed by atoms with Crippen molar-refractivity contribution in [3.8, 4) is 0 Å². The molecule has 3 rings (SSSR count). The number of pyridine rings is 1. The number of nitrogens with zero attached hydrogens (tertiary/aromatic N) is 2. The van der Waals surface area contributed by atoms with Crippen molar-refractivity contribution in [2.45, 2.75) is 19.4 Å². The Labute approximate surface area is 125 Å². The smallest absolute Gasteiger partial charge is 0.331 e. The van der Waals surface area contributed by atoms with Crippen molar-refractivity contribution in [2.24, 2.45) is 0 Å². The van der Waals surface area contributed by atoms with Crippen LogP contribution in [-0.4, -0.2) is 33.4 Å². The topological polar surface area (TPSA) is 70.5 Å². The molecule has 1 N–H and O–H groups in total. The summed E-state index contributed by atoms with van der Waals surface area (Å²) in [7, 11) is 0. The van der Waals surface area contributed by atoms with Crippen LogP contribution >= 0.6 is 11.3 Å². The quantitative estimate of drug-likeness (QED) is 0.924. The Morgan fingerprint density at radius 3 is 2.95 bits per heavy atom. The van der Waals surface area contributed by atoms with Crippen LogP contribution in [0.4, 0.5) is 0 Å². The zero-order valence-corrected chi connectivity index (χ0v) is 12.3. The standard InChI is InChI=1S/C15H14N2O3S/c1-9-8-10(2-5-16-9)14(18)17-6-3-12-11(4-7-21-12)13(17)15(19)20/h2,4-5,7-8,13H,3,6H2,1H3,(H,19,20). The number of thiophene rings is 1. The second-order valence-electron chi connectivity index (χ2n) is 4.97. The summed E-state index contributed by atoms with van der Waals surface area (Å²) in [5.41, 5.74) is 1.95. The van der Waals surface area contributed by atoms with Gasteiger partial charge in [0.25, 0.3) is 5.91 Å². The van der Waals surface area contributed by atoms with E-state index in [1.807, 2.05) is 5.38 Å². The van der Waals surface area contributed by atoms with Crippen molar-refractivity contribution in [1.29, 1.82) is 0 Å². The lowest BCUT2D eigenvalue weighted by Crippen LogP contribution is -2.43. The normalized spacial score (nSPS) is 17.4. The molecule has 1 unspecified atom stereocenters. The molecule has 6 heteroatoms. The van der Waals surface area contributed by atoms with E-state index in [2.05, 4.69) is 4.98 Å². The highest BCUT2D eigenvalue weighted by Crippen LogP contribution is 2.34. The molecular weight excluding hydrogens is 288 g/mol. The van der Waals surface area contributed by atoms with Gasteiger partial charge in [0.15, 0.2) is 6.04 Å². The van der Waals surface area contributed by atoms with Gasteiger partial charge in [0.2, 0.25) is 0 Å². The molecule has 1 aliphatic heterocycles. The zero-order valence-electron chi connectivity index (χ0n) is 11.4. The van der Waals surface area contributed by atoms with Crippen LogP contribution in [0.25, 0.3) is 0 Å². The first kappa shape index (κ1) is 13.8. The van der Waals surface area contributed by atoms with Crippen LogP contribution in [0, 0.1) is 6.92 Å². The van der Waals surface area contributed by atoms with Crippen molar-refractivity contribution in [3.05, 3.63) is 51.5 Å². The van der Waals surface area contributed by atoms with Gasteiger partial charge in [0.05, 0.1) is 0 Å². The third-order valence-electron chi connectivity index (χ3n) is 3.60. The molecule has 2 aromatic rings. The highest BCUT2D eigenvalue weighted by molar-refractivity contribution is 7.10. The van der Waals surface area contributed by atoms with E-state index in [9.17, 15) is 14.7 Å². The Hall–Kier alpha value is -2.21. The molecule has 108 valence electrons. The summed E-state index contributed by atoms with van der Waals surface area (Å²) in [6, 6.07) is 4.21. The average molecular weight is 302 g/mol. The maximum absolute atomic E-state index is 12.6. The number of carbonyl (C=O) groups excluding carboxylic acids is 1. The highest BCUT2D eigenvalue weighted by atomic mass is 32.1. The minimum Gasteiger partial charge on any atom is -0.479 e. The van der Waals surface area contributed by atoms with E-state index in [0.717, 1.165) is 16.1 Å². The van der Waals surface area contributed by atoms with E-state index < -0.39 is 12.0 Å². The minimum absolute atomic E-state index is 0.259. The molecule has 0 radical (unpaired) electrons. The maximum Gasteiger partial charge on any atom is 0.331 e. The van der Waals surface area contributed by atoms with E-state index >= 15 is 0 Å². The van der Waals surface area contributed by atoms with Crippen molar-refractivity contribution < 1.29 is 14.7 Å². The summed E-state index contributed by atoms with van der Waals surface area (Å²) in [6.07, 6.45) is 2.27. The molecule has 21 heavy (non-hydrogen) atoms. The monoisotopic (exact) mass is 302 g/mol. The number of aliphatic carboxylic acids is 1.